The third-order valence-corrected chi connectivity index (χ3v) is 4.26. The number of benzene rings is 1. The maximum absolute atomic E-state index is 12.4. The fourth-order valence-electron chi connectivity index (χ4n) is 2.96. The van der Waals surface area contributed by atoms with Crippen molar-refractivity contribution in [2.24, 2.45) is 0 Å². The molecule has 0 unspecified atom stereocenters. The van der Waals surface area contributed by atoms with E-state index >= 15 is 0 Å². The van der Waals surface area contributed by atoms with Crippen molar-refractivity contribution in [3.8, 4) is 5.75 Å². The summed E-state index contributed by atoms with van der Waals surface area (Å²) in [5, 5.41) is 7.54. The molecule has 7 nitrogen and oxygen atoms in total. The molecule has 1 N–H and O–H groups in total. The molecular weight excluding hydrogens is 306 g/mol. The minimum atomic E-state index is 0.173. The van der Waals surface area contributed by atoms with Gasteiger partial charge in [0.1, 0.15) is 18.4 Å². The van der Waals surface area contributed by atoms with Gasteiger partial charge in [0.2, 0.25) is 5.91 Å². The van der Waals surface area contributed by atoms with Crippen LogP contribution in [0.4, 0.5) is 5.69 Å². The van der Waals surface area contributed by atoms with Crippen LogP contribution in [-0.4, -0.2) is 51.8 Å². The summed E-state index contributed by atoms with van der Waals surface area (Å²) in [5.41, 5.74) is 1.05. The summed E-state index contributed by atoms with van der Waals surface area (Å²) in [6.07, 6.45) is 5.66. The number of likely N-dealkylation sites (tertiary alicyclic amines) is 1. The molecule has 1 amide bonds. The lowest BCUT2D eigenvalue weighted by molar-refractivity contribution is -0.132. The molecule has 3 rings (SSSR count). The van der Waals surface area contributed by atoms with Crippen molar-refractivity contribution >= 4 is 11.6 Å². The van der Waals surface area contributed by atoms with Crippen molar-refractivity contribution in [3.05, 3.63) is 36.9 Å². The highest BCUT2D eigenvalue weighted by Gasteiger charge is 2.23. The third-order valence-electron chi connectivity index (χ3n) is 4.26. The van der Waals surface area contributed by atoms with Gasteiger partial charge in [-0.15, -0.1) is 0 Å². The van der Waals surface area contributed by atoms with Gasteiger partial charge in [0.15, 0.2) is 0 Å². The average Bonchev–Trinajstić information content (AvgIpc) is 3.14. The highest BCUT2D eigenvalue weighted by atomic mass is 16.5. The van der Waals surface area contributed by atoms with Crippen molar-refractivity contribution in [3.63, 3.8) is 0 Å². The largest absolute Gasteiger partial charge is 0.497 e. The molecule has 2 heterocycles. The average molecular weight is 329 g/mol. The van der Waals surface area contributed by atoms with E-state index in [1.807, 2.05) is 29.2 Å². The summed E-state index contributed by atoms with van der Waals surface area (Å²) in [6.45, 7) is 2.14. The second-order valence-electron chi connectivity index (χ2n) is 5.96. The van der Waals surface area contributed by atoms with Crippen LogP contribution in [0.3, 0.4) is 0 Å². The van der Waals surface area contributed by atoms with Gasteiger partial charge >= 0.3 is 0 Å². The first-order valence-corrected chi connectivity index (χ1v) is 8.25. The number of aryl methyl sites for hydroxylation is 1. The summed E-state index contributed by atoms with van der Waals surface area (Å²) in [5.74, 6) is 1.01. The van der Waals surface area contributed by atoms with E-state index in [0.717, 1.165) is 37.4 Å². The first kappa shape index (κ1) is 16.3. The van der Waals surface area contributed by atoms with Crippen LogP contribution in [0.5, 0.6) is 5.75 Å². The number of nitrogens with zero attached hydrogens (tertiary/aromatic N) is 4. The molecule has 1 atom stereocenters. The summed E-state index contributed by atoms with van der Waals surface area (Å²) in [4.78, 5) is 18.2. The van der Waals surface area contributed by atoms with E-state index < -0.39 is 0 Å². The second kappa shape index (κ2) is 7.81. The Balaban J connectivity index is 1.50. The van der Waals surface area contributed by atoms with Crippen LogP contribution >= 0.6 is 0 Å². The molecular formula is C17H23N5O2. The lowest BCUT2D eigenvalue weighted by Crippen LogP contribution is -2.45. The molecule has 1 saturated heterocycles. The van der Waals surface area contributed by atoms with Crippen molar-refractivity contribution in [2.45, 2.75) is 31.8 Å². The molecule has 0 radical (unpaired) electrons. The number of hydrogen-bond acceptors (Lipinski definition) is 5. The van der Waals surface area contributed by atoms with Gasteiger partial charge in [0.25, 0.3) is 0 Å². The molecule has 0 spiro atoms. The monoisotopic (exact) mass is 329 g/mol. The number of carbonyl (C=O) groups excluding carboxylic acids is 1. The number of hydrogen-bond donors (Lipinski definition) is 1. The van der Waals surface area contributed by atoms with Gasteiger partial charge in [-0.05, 0) is 37.1 Å². The van der Waals surface area contributed by atoms with Crippen LogP contribution in [0, 0.1) is 0 Å². The Labute approximate surface area is 141 Å². The molecule has 1 aliphatic rings. The smallest absolute Gasteiger partial charge is 0.224 e. The van der Waals surface area contributed by atoms with Crippen LogP contribution < -0.4 is 10.1 Å². The van der Waals surface area contributed by atoms with Crippen LogP contribution in [0.1, 0.15) is 19.3 Å². The standard InChI is InChI=1S/C17H23N5O2/c1-24-16-6-4-14(5-7-16)20-15-3-2-9-21(11-15)17(23)8-10-22-13-18-12-19-22/h4-7,12-13,15,20H,2-3,8-11H2,1H3/t15-/m1/s1. The van der Waals surface area contributed by atoms with Gasteiger partial charge in [-0.25, -0.2) is 4.98 Å². The van der Waals surface area contributed by atoms with Gasteiger partial charge < -0.3 is 15.0 Å². The maximum atomic E-state index is 12.4. The van der Waals surface area contributed by atoms with E-state index in [2.05, 4.69) is 15.4 Å². The van der Waals surface area contributed by atoms with E-state index in [1.165, 1.54) is 6.33 Å². The number of nitrogens with one attached hydrogen (secondary N) is 1. The Kier molecular flexibility index (Phi) is 5.30. The number of aromatic nitrogens is 3. The topological polar surface area (TPSA) is 72.3 Å². The Morgan fingerprint density at radius 2 is 2.21 bits per heavy atom. The van der Waals surface area contributed by atoms with Crippen molar-refractivity contribution in [1.82, 2.24) is 19.7 Å². The van der Waals surface area contributed by atoms with Gasteiger partial charge in [0.05, 0.1) is 13.7 Å². The second-order valence-corrected chi connectivity index (χ2v) is 5.96. The van der Waals surface area contributed by atoms with E-state index in [1.54, 1.807) is 18.1 Å². The molecule has 1 aromatic heterocycles. The first-order chi connectivity index (χ1) is 11.7. The highest BCUT2D eigenvalue weighted by Crippen LogP contribution is 2.19. The van der Waals surface area contributed by atoms with Crippen molar-refractivity contribution in [2.75, 3.05) is 25.5 Å². The number of ether oxygens (including phenoxy) is 1. The number of piperidine rings is 1. The van der Waals surface area contributed by atoms with Crippen LogP contribution in [0.15, 0.2) is 36.9 Å². The minimum Gasteiger partial charge on any atom is -0.497 e. The summed E-state index contributed by atoms with van der Waals surface area (Å²) in [7, 11) is 1.66. The summed E-state index contributed by atoms with van der Waals surface area (Å²) < 4.78 is 6.86. The molecule has 7 heteroatoms. The zero-order valence-corrected chi connectivity index (χ0v) is 13.9. The molecule has 1 fully saturated rings. The number of rotatable bonds is 6. The first-order valence-electron chi connectivity index (χ1n) is 8.25. The molecule has 128 valence electrons. The molecule has 0 saturated carbocycles. The van der Waals surface area contributed by atoms with Crippen LogP contribution in [0.25, 0.3) is 0 Å². The van der Waals surface area contributed by atoms with Gasteiger partial charge in [0, 0.05) is 31.2 Å². The zero-order chi connectivity index (χ0) is 16.8. The van der Waals surface area contributed by atoms with E-state index in [4.69, 9.17) is 4.74 Å². The molecule has 0 bridgehead atoms. The van der Waals surface area contributed by atoms with E-state index in [-0.39, 0.29) is 11.9 Å². The highest BCUT2D eigenvalue weighted by molar-refractivity contribution is 5.76. The molecule has 24 heavy (non-hydrogen) atoms. The zero-order valence-electron chi connectivity index (χ0n) is 13.9. The van der Waals surface area contributed by atoms with Crippen LogP contribution in [0.2, 0.25) is 0 Å². The maximum Gasteiger partial charge on any atom is 0.224 e. The normalized spacial score (nSPS) is 17.5. The van der Waals surface area contributed by atoms with E-state index in [9.17, 15) is 4.79 Å². The van der Waals surface area contributed by atoms with Gasteiger partial charge in [-0.3, -0.25) is 9.48 Å². The Hall–Kier alpha value is -2.57. The van der Waals surface area contributed by atoms with Gasteiger partial charge in [-0.2, -0.15) is 5.10 Å². The van der Waals surface area contributed by atoms with Gasteiger partial charge in [-0.1, -0.05) is 0 Å². The number of methoxy groups -OCH3 is 1. The number of carbonyl (C=O) groups is 1. The molecule has 1 aliphatic heterocycles. The summed E-state index contributed by atoms with van der Waals surface area (Å²) >= 11 is 0. The number of anilines is 1. The fraction of sp³-hybridized carbons (Fsp3) is 0.471. The third kappa shape index (κ3) is 4.24. The Morgan fingerprint density at radius 1 is 1.38 bits per heavy atom. The SMILES string of the molecule is COc1ccc(N[C@@H]2CCCN(C(=O)CCn3cncn3)C2)cc1. The lowest BCUT2D eigenvalue weighted by Gasteiger charge is -2.33. The predicted molar refractivity (Wildman–Crippen MR) is 90.9 cm³/mol. The van der Waals surface area contributed by atoms with Crippen LogP contribution in [-0.2, 0) is 11.3 Å². The van der Waals surface area contributed by atoms with Crippen molar-refractivity contribution in [1.29, 1.82) is 0 Å². The quantitative estimate of drug-likeness (QED) is 0.874. The molecule has 1 aromatic carbocycles. The minimum absolute atomic E-state index is 0.173. The molecule has 2 aromatic rings. The van der Waals surface area contributed by atoms with Crippen molar-refractivity contribution < 1.29 is 9.53 Å². The molecule has 0 aliphatic carbocycles. The Bertz CT molecular complexity index is 642. The Morgan fingerprint density at radius 3 is 2.92 bits per heavy atom. The number of amides is 1. The summed E-state index contributed by atoms with van der Waals surface area (Å²) in [6, 6.07) is 8.16. The van der Waals surface area contributed by atoms with E-state index in [0.29, 0.717) is 13.0 Å². The fourth-order valence-corrected chi connectivity index (χ4v) is 2.96. The predicted octanol–water partition coefficient (Wildman–Crippen LogP) is 1.78. The lowest BCUT2D eigenvalue weighted by atomic mass is 10.0.